The van der Waals surface area contributed by atoms with E-state index in [1.807, 2.05) is 30.3 Å². The number of aliphatic hydroxyl groups excluding tert-OH is 1. The summed E-state index contributed by atoms with van der Waals surface area (Å²) in [6, 6.07) is 9.52. The van der Waals surface area contributed by atoms with Gasteiger partial charge < -0.3 is 14.7 Å². The summed E-state index contributed by atoms with van der Waals surface area (Å²) in [7, 11) is 0. The van der Waals surface area contributed by atoms with Gasteiger partial charge in [0.15, 0.2) is 0 Å². The average molecular weight is 300 g/mol. The molecule has 1 fully saturated rings. The van der Waals surface area contributed by atoms with Crippen LogP contribution in [0.1, 0.15) is 5.56 Å². The van der Waals surface area contributed by atoms with Gasteiger partial charge in [0.1, 0.15) is 6.61 Å². The summed E-state index contributed by atoms with van der Waals surface area (Å²) in [5.41, 5.74) is 0.955. The average Bonchev–Trinajstić information content (AvgIpc) is 2.68. The second-order valence-electron chi connectivity index (χ2n) is 4.03. The third-order valence-corrected chi connectivity index (χ3v) is 3.58. The molecule has 0 unspecified atom stereocenters. The molecule has 17 heavy (non-hydrogen) atoms. The molecule has 1 aromatic carbocycles. The molecule has 1 saturated heterocycles. The smallest absolute Gasteiger partial charge is 0.410 e. The Hall–Kier alpha value is -1.07. The molecule has 0 bridgehead atoms. The molecule has 1 heterocycles. The lowest BCUT2D eigenvalue weighted by atomic mass is 10.2. The third-order valence-electron chi connectivity index (χ3n) is 2.68. The monoisotopic (exact) mass is 299 g/mol. The van der Waals surface area contributed by atoms with Crippen LogP contribution >= 0.6 is 15.9 Å². The number of carbonyl (C=O) groups is 1. The maximum Gasteiger partial charge on any atom is 0.410 e. The first kappa shape index (κ1) is 12.4. The van der Waals surface area contributed by atoms with Crippen molar-refractivity contribution < 1.29 is 14.6 Å². The third kappa shape index (κ3) is 3.20. The van der Waals surface area contributed by atoms with Crippen LogP contribution in [0.4, 0.5) is 4.79 Å². The highest BCUT2D eigenvalue weighted by molar-refractivity contribution is 9.09. The normalized spacial score (nSPS) is 23.8. The van der Waals surface area contributed by atoms with Crippen LogP contribution in [0.3, 0.4) is 0 Å². The van der Waals surface area contributed by atoms with Crippen molar-refractivity contribution >= 4 is 22.0 Å². The zero-order valence-electron chi connectivity index (χ0n) is 9.25. The number of likely N-dealkylation sites (tertiary alicyclic amines) is 1. The molecular formula is C12H14BrNO3. The predicted molar refractivity (Wildman–Crippen MR) is 66.9 cm³/mol. The van der Waals surface area contributed by atoms with Gasteiger partial charge in [-0.05, 0) is 5.56 Å². The first-order chi connectivity index (χ1) is 8.16. The highest BCUT2D eigenvalue weighted by Gasteiger charge is 2.32. The Kier molecular flexibility index (Phi) is 4.02. The van der Waals surface area contributed by atoms with E-state index in [1.54, 1.807) is 0 Å². The van der Waals surface area contributed by atoms with Crippen LogP contribution < -0.4 is 0 Å². The number of carbonyl (C=O) groups excluding carboxylic acids is 1. The number of nitrogens with zero attached hydrogens (tertiary/aromatic N) is 1. The van der Waals surface area contributed by atoms with Crippen molar-refractivity contribution in [3.63, 3.8) is 0 Å². The minimum absolute atomic E-state index is 0.0632. The van der Waals surface area contributed by atoms with E-state index < -0.39 is 6.10 Å². The van der Waals surface area contributed by atoms with E-state index in [0.717, 1.165) is 5.56 Å². The molecule has 2 atom stereocenters. The van der Waals surface area contributed by atoms with Crippen LogP contribution in [0.25, 0.3) is 0 Å². The van der Waals surface area contributed by atoms with Gasteiger partial charge in [-0.3, -0.25) is 0 Å². The molecule has 1 aliphatic rings. The summed E-state index contributed by atoms with van der Waals surface area (Å²) in [6.07, 6.45) is -0.894. The quantitative estimate of drug-likeness (QED) is 0.847. The second-order valence-corrected chi connectivity index (χ2v) is 5.20. The maximum atomic E-state index is 11.7. The zero-order chi connectivity index (χ0) is 12.3. The maximum absolute atomic E-state index is 11.7. The number of amides is 1. The molecule has 4 nitrogen and oxygen atoms in total. The van der Waals surface area contributed by atoms with E-state index in [-0.39, 0.29) is 17.5 Å². The Morgan fingerprint density at radius 1 is 1.41 bits per heavy atom. The molecule has 1 aromatic rings. The molecule has 1 amide bonds. The molecule has 0 aromatic heterocycles. The van der Waals surface area contributed by atoms with Crippen LogP contribution in [-0.4, -0.2) is 40.1 Å². The van der Waals surface area contributed by atoms with E-state index in [2.05, 4.69) is 15.9 Å². The largest absolute Gasteiger partial charge is 0.445 e. The Labute approximate surface area is 108 Å². The number of β-amino-alcohol motifs (C(OH)–C–C–N with tert-alkyl or cyclic N) is 1. The summed E-state index contributed by atoms with van der Waals surface area (Å²) in [5.74, 6) is 0. The van der Waals surface area contributed by atoms with E-state index in [0.29, 0.717) is 13.1 Å². The number of benzene rings is 1. The van der Waals surface area contributed by atoms with E-state index >= 15 is 0 Å². The first-order valence-corrected chi connectivity index (χ1v) is 6.36. The van der Waals surface area contributed by atoms with Crippen molar-refractivity contribution in [1.29, 1.82) is 0 Å². The molecule has 0 radical (unpaired) electrons. The molecule has 2 rings (SSSR count). The number of alkyl halides is 1. The number of halogens is 1. The Morgan fingerprint density at radius 3 is 2.71 bits per heavy atom. The highest BCUT2D eigenvalue weighted by Crippen LogP contribution is 2.18. The minimum atomic E-state index is -0.515. The van der Waals surface area contributed by atoms with Crippen molar-refractivity contribution in [3.05, 3.63) is 35.9 Å². The van der Waals surface area contributed by atoms with Gasteiger partial charge in [0.2, 0.25) is 0 Å². The van der Waals surface area contributed by atoms with Crippen LogP contribution in [0, 0.1) is 0 Å². The van der Waals surface area contributed by atoms with Crippen LogP contribution in [-0.2, 0) is 11.3 Å². The van der Waals surface area contributed by atoms with Crippen molar-refractivity contribution in [2.24, 2.45) is 0 Å². The molecule has 1 N–H and O–H groups in total. The van der Waals surface area contributed by atoms with Gasteiger partial charge in [-0.1, -0.05) is 46.3 Å². The van der Waals surface area contributed by atoms with Gasteiger partial charge in [-0.25, -0.2) is 4.79 Å². The van der Waals surface area contributed by atoms with Crippen molar-refractivity contribution in [2.45, 2.75) is 17.5 Å². The van der Waals surface area contributed by atoms with Gasteiger partial charge >= 0.3 is 6.09 Å². The summed E-state index contributed by atoms with van der Waals surface area (Å²) < 4.78 is 5.16. The van der Waals surface area contributed by atoms with Crippen LogP contribution in [0.2, 0.25) is 0 Å². The lowest BCUT2D eigenvalue weighted by molar-refractivity contribution is 0.0972. The molecule has 92 valence electrons. The Morgan fingerprint density at radius 2 is 2.12 bits per heavy atom. The number of hydrogen-bond acceptors (Lipinski definition) is 3. The number of hydrogen-bond donors (Lipinski definition) is 1. The van der Waals surface area contributed by atoms with E-state index in [4.69, 9.17) is 4.74 Å². The fraction of sp³-hybridized carbons (Fsp3) is 0.417. The van der Waals surface area contributed by atoms with Crippen molar-refractivity contribution in [3.8, 4) is 0 Å². The van der Waals surface area contributed by atoms with Crippen LogP contribution in [0.15, 0.2) is 30.3 Å². The predicted octanol–water partition coefficient (Wildman–Crippen LogP) is 1.76. The fourth-order valence-corrected chi connectivity index (χ4v) is 2.22. The summed E-state index contributed by atoms with van der Waals surface area (Å²) in [4.78, 5) is 13.1. The lowest BCUT2D eigenvalue weighted by Gasteiger charge is -2.15. The Balaban J connectivity index is 1.82. The number of ether oxygens (including phenoxy) is 1. The lowest BCUT2D eigenvalue weighted by Crippen LogP contribution is -2.30. The van der Waals surface area contributed by atoms with Gasteiger partial charge in [0, 0.05) is 6.54 Å². The molecule has 0 saturated carbocycles. The van der Waals surface area contributed by atoms with Gasteiger partial charge in [0.25, 0.3) is 0 Å². The molecule has 5 heteroatoms. The molecule has 0 spiro atoms. The first-order valence-electron chi connectivity index (χ1n) is 5.44. The minimum Gasteiger partial charge on any atom is -0.445 e. The Bertz CT molecular complexity index is 375. The standard InChI is InChI=1S/C12H14BrNO3/c13-10-6-14(7-11(10)15)12(16)17-8-9-4-2-1-3-5-9/h1-5,10-11,15H,6-8H2/t10-,11-/m0/s1. The van der Waals surface area contributed by atoms with Crippen molar-refractivity contribution in [2.75, 3.05) is 13.1 Å². The highest BCUT2D eigenvalue weighted by atomic mass is 79.9. The molecule has 1 aliphatic heterocycles. The van der Waals surface area contributed by atoms with Crippen molar-refractivity contribution in [1.82, 2.24) is 4.90 Å². The summed E-state index contributed by atoms with van der Waals surface area (Å²) >= 11 is 3.31. The molecule has 0 aliphatic carbocycles. The van der Waals surface area contributed by atoms with E-state index in [9.17, 15) is 9.90 Å². The van der Waals surface area contributed by atoms with Gasteiger partial charge in [0.05, 0.1) is 17.5 Å². The number of rotatable bonds is 2. The zero-order valence-corrected chi connectivity index (χ0v) is 10.8. The van der Waals surface area contributed by atoms with E-state index in [1.165, 1.54) is 4.90 Å². The number of aliphatic hydroxyl groups is 1. The van der Waals surface area contributed by atoms with Gasteiger partial charge in [-0.2, -0.15) is 0 Å². The topological polar surface area (TPSA) is 49.8 Å². The molecular weight excluding hydrogens is 286 g/mol. The summed E-state index contributed by atoms with van der Waals surface area (Å²) in [6.45, 7) is 1.07. The van der Waals surface area contributed by atoms with Gasteiger partial charge in [-0.15, -0.1) is 0 Å². The SMILES string of the molecule is O=C(OCc1ccccc1)N1C[C@H](O)[C@@H](Br)C1. The van der Waals surface area contributed by atoms with Crippen LogP contribution in [0.5, 0.6) is 0 Å². The fourth-order valence-electron chi connectivity index (χ4n) is 1.71. The summed E-state index contributed by atoms with van der Waals surface area (Å²) in [5, 5.41) is 9.51. The second kappa shape index (κ2) is 5.51.